The highest BCUT2D eigenvalue weighted by atomic mass is 16.5. The molecule has 0 aliphatic rings. The zero-order valence-corrected chi connectivity index (χ0v) is 13.0. The summed E-state index contributed by atoms with van der Waals surface area (Å²) in [7, 11) is 0. The number of nitrogens with one attached hydrogen (secondary N) is 1. The summed E-state index contributed by atoms with van der Waals surface area (Å²) in [6, 6.07) is 14.3. The third kappa shape index (κ3) is 3.84. The van der Waals surface area contributed by atoms with Gasteiger partial charge in [0.05, 0.1) is 11.3 Å². The molecule has 2 amide bonds. The molecule has 0 unspecified atom stereocenters. The van der Waals surface area contributed by atoms with Crippen molar-refractivity contribution in [3.63, 3.8) is 0 Å². The molecule has 1 aromatic heterocycles. The minimum absolute atomic E-state index is 0.211. The van der Waals surface area contributed by atoms with Crippen molar-refractivity contribution in [2.45, 2.75) is 0 Å². The maximum absolute atomic E-state index is 12.0. The van der Waals surface area contributed by atoms with E-state index in [4.69, 9.17) is 14.9 Å². The first-order valence-electron chi connectivity index (χ1n) is 7.38. The fraction of sp³-hybridized carbons (Fsp3) is 0.0556. The van der Waals surface area contributed by atoms with Gasteiger partial charge in [-0.1, -0.05) is 12.1 Å². The van der Waals surface area contributed by atoms with Crippen molar-refractivity contribution >= 4 is 28.5 Å². The van der Waals surface area contributed by atoms with Crippen LogP contribution in [0.1, 0.15) is 10.4 Å². The highest BCUT2D eigenvalue weighted by Crippen LogP contribution is 2.19. The summed E-state index contributed by atoms with van der Waals surface area (Å²) in [4.78, 5) is 34.6. The van der Waals surface area contributed by atoms with Gasteiger partial charge < -0.3 is 20.2 Å². The molecule has 0 bridgehead atoms. The molecule has 0 radical (unpaired) electrons. The molecule has 3 aromatic rings. The van der Waals surface area contributed by atoms with Crippen molar-refractivity contribution in [2.24, 2.45) is 5.73 Å². The zero-order chi connectivity index (χ0) is 17.8. The second kappa shape index (κ2) is 6.88. The molecule has 0 aliphatic carbocycles. The number of anilines is 1. The first kappa shape index (κ1) is 16.3. The Hall–Kier alpha value is -3.61. The van der Waals surface area contributed by atoms with Crippen molar-refractivity contribution in [1.29, 1.82) is 0 Å². The zero-order valence-electron chi connectivity index (χ0n) is 13.0. The Morgan fingerprint density at radius 2 is 1.84 bits per heavy atom. The third-order valence-electron chi connectivity index (χ3n) is 3.43. The topological polar surface area (TPSA) is 112 Å². The second-order valence-electron chi connectivity index (χ2n) is 5.20. The van der Waals surface area contributed by atoms with Gasteiger partial charge in [0.25, 0.3) is 11.8 Å². The number of carbonyl (C=O) groups excluding carboxylic acids is 2. The fourth-order valence-corrected chi connectivity index (χ4v) is 2.27. The van der Waals surface area contributed by atoms with Crippen LogP contribution in [0.25, 0.3) is 11.0 Å². The number of carbonyl (C=O) groups is 2. The Kier molecular flexibility index (Phi) is 4.47. The number of hydrogen-bond donors (Lipinski definition) is 2. The molecular weight excluding hydrogens is 324 g/mol. The molecular formula is C18H14N2O5. The molecule has 0 aliphatic heterocycles. The lowest BCUT2D eigenvalue weighted by Crippen LogP contribution is -2.22. The monoisotopic (exact) mass is 338 g/mol. The molecule has 1 heterocycles. The second-order valence-corrected chi connectivity index (χ2v) is 5.20. The number of amides is 2. The smallest absolute Gasteiger partial charge is 0.336 e. The number of hydrogen-bond acceptors (Lipinski definition) is 5. The first-order valence-corrected chi connectivity index (χ1v) is 7.38. The number of benzene rings is 2. The van der Waals surface area contributed by atoms with E-state index in [2.05, 4.69) is 5.32 Å². The predicted octanol–water partition coefficient (Wildman–Crippen LogP) is 1.91. The van der Waals surface area contributed by atoms with Crippen LogP contribution in [0.3, 0.4) is 0 Å². The quantitative estimate of drug-likeness (QED) is 0.690. The van der Waals surface area contributed by atoms with E-state index in [9.17, 15) is 14.4 Å². The van der Waals surface area contributed by atoms with Crippen LogP contribution in [-0.4, -0.2) is 18.4 Å². The highest BCUT2D eigenvalue weighted by molar-refractivity contribution is 6.03. The molecule has 2 aromatic carbocycles. The van der Waals surface area contributed by atoms with Crippen molar-refractivity contribution < 1.29 is 18.7 Å². The van der Waals surface area contributed by atoms with E-state index in [1.807, 2.05) is 0 Å². The summed E-state index contributed by atoms with van der Waals surface area (Å²) in [6.07, 6.45) is 0. The summed E-state index contributed by atoms with van der Waals surface area (Å²) in [5, 5.41) is 3.31. The average Bonchev–Trinajstić information content (AvgIpc) is 2.60. The molecule has 7 heteroatoms. The predicted molar refractivity (Wildman–Crippen MR) is 91.6 cm³/mol. The Labute approximate surface area is 142 Å². The van der Waals surface area contributed by atoms with Crippen LogP contribution in [0, 0.1) is 0 Å². The van der Waals surface area contributed by atoms with Gasteiger partial charge in [-0.3, -0.25) is 9.59 Å². The van der Waals surface area contributed by atoms with Crippen LogP contribution in [0.2, 0.25) is 0 Å². The van der Waals surface area contributed by atoms with E-state index >= 15 is 0 Å². The molecule has 0 fully saturated rings. The van der Waals surface area contributed by atoms with Gasteiger partial charge in [-0.25, -0.2) is 4.79 Å². The molecule has 25 heavy (non-hydrogen) atoms. The lowest BCUT2D eigenvalue weighted by atomic mass is 10.1. The van der Waals surface area contributed by atoms with E-state index in [0.29, 0.717) is 17.0 Å². The number of primary amides is 1. The third-order valence-corrected chi connectivity index (χ3v) is 3.43. The van der Waals surface area contributed by atoms with E-state index < -0.39 is 17.4 Å². The van der Waals surface area contributed by atoms with Gasteiger partial charge >= 0.3 is 5.63 Å². The molecule has 0 saturated carbocycles. The summed E-state index contributed by atoms with van der Waals surface area (Å²) in [6.45, 7) is -0.282. The Balaban J connectivity index is 1.68. The van der Waals surface area contributed by atoms with Gasteiger partial charge in [0, 0.05) is 17.5 Å². The highest BCUT2D eigenvalue weighted by Gasteiger charge is 2.11. The maximum atomic E-state index is 12.0. The van der Waals surface area contributed by atoms with Gasteiger partial charge in [-0.05, 0) is 30.3 Å². The van der Waals surface area contributed by atoms with Crippen molar-refractivity contribution in [3.05, 3.63) is 70.6 Å². The minimum atomic E-state index is -0.638. The Morgan fingerprint density at radius 3 is 2.64 bits per heavy atom. The largest absolute Gasteiger partial charge is 0.484 e. The maximum Gasteiger partial charge on any atom is 0.336 e. The van der Waals surface area contributed by atoms with Crippen molar-refractivity contribution in [2.75, 3.05) is 11.9 Å². The molecule has 3 rings (SSSR count). The van der Waals surface area contributed by atoms with Gasteiger partial charge in [0.1, 0.15) is 11.3 Å². The lowest BCUT2D eigenvalue weighted by Gasteiger charge is -2.10. The van der Waals surface area contributed by atoms with Gasteiger partial charge in [0.15, 0.2) is 6.61 Å². The van der Waals surface area contributed by atoms with Gasteiger partial charge in [-0.15, -0.1) is 0 Å². The molecule has 0 saturated heterocycles. The Bertz CT molecular complexity index is 1010. The van der Waals surface area contributed by atoms with Crippen molar-refractivity contribution in [3.8, 4) is 5.75 Å². The number of fused-ring (bicyclic) bond motifs is 1. The summed E-state index contributed by atoms with van der Waals surface area (Å²) >= 11 is 0. The molecule has 0 atom stereocenters. The SMILES string of the molecule is NC(=O)c1ccccc1NC(=O)COc1ccc2ccc(=O)oc2c1. The van der Waals surface area contributed by atoms with E-state index in [1.165, 1.54) is 18.2 Å². The summed E-state index contributed by atoms with van der Waals surface area (Å²) < 4.78 is 10.5. The first-order chi connectivity index (χ1) is 12.0. The van der Waals surface area contributed by atoms with Crippen LogP contribution in [0.5, 0.6) is 5.75 Å². The molecule has 7 nitrogen and oxygen atoms in total. The van der Waals surface area contributed by atoms with Gasteiger partial charge in [-0.2, -0.15) is 0 Å². The van der Waals surface area contributed by atoms with Crippen LogP contribution >= 0.6 is 0 Å². The van der Waals surface area contributed by atoms with E-state index in [0.717, 1.165) is 5.39 Å². The number of rotatable bonds is 5. The number of ether oxygens (including phenoxy) is 1. The van der Waals surface area contributed by atoms with Crippen LogP contribution < -0.4 is 21.4 Å². The number of para-hydroxylation sites is 1. The molecule has 0 spiro atoms. The number of nitrogens with two attached hydrogens (primary N) is 1. The minimum Gasteiger partial charge on any atom is -0.484 e. The fourth-order valence-electron chi connectivity index (χ4n) is 2.27. The van der Waals surface area contributed by atoms with Gasteiger partial charge in [0.2, 0.25) is 0 Å². The van der Waals surface area contributed by atoms with E-state index in [1.54, 1.807) is 36.4 Å². The van der Waals surface area contributed by atoms with Crippen LogP contribution in [-0.2, 0) is 4.79 Å². The Morgan fingerprint density at radius 1 is 1.08 bits per heavy atom. The average molecular weight is 338 g/mol. The lowest BCUT2D eigenvalue weighted by molar-refractivity contribution is -0.118. The van der Waals surface area contributed by atoms with Crippen molar-refractivity contribution in [1.82, 2.24) is 0 Å². The summed E-state index contributed by atoms with van der Waals surface area (Å²) in [5.41, 5.74) is 5.69. The standard InChI is InChI=1S/C18H14N2O5/c19-18(23)13-3-1-2-4-14(13)20-16(21)10-24-12-7-5-11-6-8-17(22)25-15(11)9-12/h1-9H,10H2,(H2,19,23)(H,20,21). The normalized spacial score (nSPS) is 10.4. The summed E-state index contributed by atoms with van der Waals surface area (Å²) in [5.74, 6) is -0.718. The molecule has 126 valence electrons. The van der Waals surface area contributed by atoms with Crippen LogP contribution in [0.15, 0.2) is 63.8 Å². The van der Waals surface area contributed by atoms with E-state index in [-0.39, 0.29) is 12.2 Å². The molecule has 3 N–H and O–H groups in total. The van der Waals surface area contributed by atoms with Crippen LogP contribution in [0.4, 0.5) is 5.69 Å².